The summed E-state index contributed by atoms with van der Waals surface area (Å²) in [6.45, 7) is 7.15. The lowest BCUT2D eigenvalue weighted by Crippen LogP contribution is -2.37. The molecule has 16 heavy (non-hydrogen) atoms. The fourth-order valence-electron chi connectivity index (χ4n) is 1.71. The molecule has 0 spiro atoms. The normalized spacial score (nSPS) is 12.1. The number of hydrogen-bond donors (Lipinski definition) is 0. The van der Waals surface area contributed by atoms with Crippen molar-refractivity contribution >= 4 is 62.6 Å². The largest absolute Gasteiger partial charge is 0.0776 e. The first kappa shape index (κ1) is 12.6. The van der Waals surface area contributed by atoms with Gasteiger partial charge in [-0.3, -0.25) is 0 Å². The van der Waals surface area contributed by atoms with E-state index in [1.54, 1.807) is 0 Å². The quantitative estimate of drug-likeness (QED) is 0.475. The van der Waals surface area contributed by atoms with E-state index in [1.807, 2.05) is 0 Å². The van der Waals surface area contributed by atoms with Gasteiger partial charge in [0.15, 0.2) is 0 Å². The number of hydrogen-bond acceptors (Lipinski definition) is 0. The van der Waals surface area contributed by atoms with Crippen LogP contribution in [0.5, 0.6) is 0 Å². The molecule has 0 atom stereocenters. The Bertz CT molecular complexity index is 543. The lowest BCUT2D eigenvalue weighted by atomic mass is 10.1. The van der Waals surface area contributed by atoms with E-state index in [1.165, 1.54) is 24.0 Å². The summed E-state index contributed by atoms with van der Waals surface area (Å²) >= 11 is 5.95. The zero-order chi connectivity index (χ0) is 11.9. The monoisotopic (exact) mass is 404 g/mol. The van der Waals surface area contributed by atoms with E-state index < -0.39 is 8.07 Å². The lowest BCUT2D eigenvalue weighted by molar-refractivity contribution is 1.64. The Morgan fingerprint density at radius 2 is 1.69 bits per heavy atom. The number of fused-ring (bicyclic) bond motifs is 1. The number of rotatable bonds is 1. The first-order chi connectivity index (χ1) is 7.38. The van der Waals surface area contributed by atoms with Gasteiger partial charge in [0, 0.05) is 8.04 Å². The molecule has 0 saturated heterocycles. The molecule has 84 valence electrons. The van der Waals surface area contributed by atoms with Crippen LogP contribution in [-0.4, -0.2) is 8.07 Å². The van der Waals surface area contributed by atoms with E-state index in [0.717, 1.165) is 0 Å². The van der Waals surface area contributed by atoms with Crippen LogP contribution in [0.1, 0.15) is 0 Å². The third-order valence-electron chi connectivity index (χ3n) is 2.75. The maximum atomic E-state index is 3.60. The van der Waals surface area contributed by atoms with E-state index in [2.05, 4.69) is 88.5 Å². The summed E-state index contributed by atoms with van der Waals surface area (Å²) in [5.74, 6) is 0. The molecule has 0 aromatic heterocycles. The van der Waals surface area contributed by atoms with Gasteiger partial charge in [0.25, 0.3) is 0 Å². The summed E-state index contributed by atoms with van der Waals surface area (Å²) in [7, 11) is -1.20. The lowest BCUT2D eigenvalue weighted by Gasteiger charge is -2.17. The third kappa shape index (κ3) is 2.51. The fourth-order valence-corrected chi connectivity index (χ4v) is 3.73. The molecule has 2 aromatic carbocycles. The minimum absolute atomic E-state index is 1.19. The first-order valence-electron chi connectivity index (χ1n) is 5.27. The highest BCUT2D eigenvalue weighted by Crippen LogP contribution is 2.25. The molecule has 2 rings (SSSR count). The molecule has 3 heteroatoms. The zero-order valence-corrected chi connectivity index (χ0v) is 14.4. The van der Waals surface area contributed by atoms with Crippen LogP contribution in [0.25, 0.3) is 10.8 Å². The topological polar surface area (TPSA) is 0 Å². The highest BCUT2D eigenvalue weighted by molar-refractivity contribution is 14.1. The van der Waals surface area contributed by atoms with Gasteiger partial charge in [-0.15, -0.1) is 0 Å². The molecule has 0 aliphatic carbocycles. The van der Waals surface area contributed by atoms with Crippen LogP contribution in [0.3, 0.4) is 0 Å². The second-order valence-electron chi connectivity index (χ2n) is 5.08. The second-order valence-corrected chi connectivity index (χ2v) is 12.2. The van der Waals surface area contributed by atoms with Gasteiger partial charge in [0.2, 0.25) is 0 Å². The Kier molecular flexibility index (Phi) is 3.48. The molecule has 0 saturated carbocycles. The average Bonchev–Trinajstić information content (AvgIpc) is 2.17. The zero-order valence-electron chi connectivity index (χ0n) is 9.64. The van der Waals surface area contributed by atoms with E-state index >= 15 is 0 Å². The van der Waals surface area contributed by atoms with E-state index in [9.17, 15) is 0 Å². The van der Waals surface area contributed by atoms with Gasteiger partial charge >= 0.3 is 0 Å². The fraction of sp³-hybridized carbons (Fsp3) is 0.231. The van der Waals surface area contributed by atoms with Gasteiger partial charge in [0.05, 0.1) is 8.07 Å². The van der Waals surface area contributed by atoms with Crippen molar-refractivity contribution in [3.05, 3.63) is 38.4 Å². The van der Waals surface area contributed by atoms with Gasteiger partial charge in [0.1, 0.15) is 0 Å². The summed E-state index contributed by atoms with van der Waals surface area (Å²) in [6, 6.07) is 11.3. The van der Waals surface area contributed by atoms with Crippen LogP contribution in [0.4, 0.5) is 0 Å². The van der Waals surface area contributed by atoms with Crippen LogP contribution in [0.15, 0.2) is 34.8 Å². The SMILES string of the molecule is C[Si](C)(C)c1ccc2cc(I)c(Br)cc2c1. The minimum Gasteiger partial charge on any atom is -0.0656 e. The average molecular weight is 405 g/mol. The summed E-state index contributed by atoms with van der Waals surface area (Å²) in [5, 5.41) is 4.19. The molecular weight excluding hydrogens is 391 g/mol. The minimum atomic E-state index is -1.20. The maximum absolute atomic E-state index is 3.60. The van der Waals surface area contributed by atoms with Crippen LogP contribution < -0.4 is 5.19 Å². The van der Waals surface area contributed by atoms with Gasteiger partial charge in [-0.1, -0.05) is 43.0 Å². The highest BCUT2D eigenvalue weighted by atomic mass is 127. The maximum Gasteiger partial charge on any atom is 0.0776 e. The first-order valence-corrected chi connectivity index (χ1v) is 10.6. The molecule has 0 unspecified atom stereocenters. The van der Waals surface area contributed by atoms with Gasteiger partial charge < -0.3 is 0 Å². The molecule has 0 fully saturated rings. The van der Waals surface area contributed by atoms with Crippen molar-refractivity contribution in [2.45, 2.75) is 19.6 Å². The Hall–Kier alpha value is 0.127. The Morgan fingerprint density at radius 3 is 2.31 bits per heavy atom. The smallest absolute Gasteiger partial charge is 0.0656 e. The van der Waals surface area contributed by atoms with Crippen molar-refractivity contribution in [1.29, 1.82) is 0 Å². The van der Waals surface area contributed by atoms with Crippen molar-refractivity contribution in [2.75, 3.05) is 0 Å². The van der Waals surface area contributed by atoms with Crippen LogP contribution in [0, 0.1) is 3.57 Å². The number of benzene rings is 2. The summed E-state index contributed by atoms with van der Waals surface area (Å²) < 4.78 is 2.46. The van der Waals surface area contributed by atoms with Gasteiger partial charge in [-0.25, -0.2) is 0 Å². The molecule has 2 aromatic rings. The molecule has 0 nitrogen and oxygen atoms in total. The number of halogens is 2. The Labute approximate surface area is 120 Å². The molecule has 0 amide bonds. The third-order valence-corrected chi connectivity index (χ3v) is 7.08. The molecule has 0 N–H and O–H groups in total. The molecule has 0 radical (unpaired) electrons. The molecule has 0 bridgehead atoms. The molecule has 0 aliphatic rings. The van der Waals surface area contributed by atoms with Crippen molar-refractivity contribution in [1.82, 2.24) is 0 Å². The van der Waals surface area contributed by atoms with Crippen molar-refractivity contribution < 1.29 is 0 Å². The standard InChI is InChI=1S/C13H14BrISi/c1-16(2,3)11-5-4-9-8-13(15)12(14)7-10(9)6-11/h4-8H,1-3H3. The highest BCUT2D eigenvalue weighted by Gasteiger charge is 2.16. The predicted molar refractivity (Wildman–Crippen MR) is 87.3 cm³/mol. The van der Waals surface area contributed by atoms with Crippen LogP contribution in [0.2, 0.25) is 19.6 Å². The van der Waals surface area contributed by atoms with Crippen molar-refractivity contribution in [3.63, 3.8) is 0 Å². The Balaban J connectivity index is 2.67. The van der Waals surface area contributed by atoms with E-state index in [4.69, 9.17) is 0 Å². The summed E-state index contributed by atoms with van der Waals surface area (Å²) in [4.78, 5) is 0. The van der Waals surface area contributed by atoms with Crippen LogP contribution >= 0.6 is 38.5 Å². The molecular formula is C13H14BrISi. The van der Waals surface area contributed by atoms with Gasteiger partial charge in [-0.05, 0) is 61.4 Å². The summed E-state index contributed by atoms with van der Waals surface area (Å²) in [6.07, 6.45) is 0. The van der Waals surface area contributed by atoms with E-state index in [-0.39, 0.29) is 0 Å². The predicted octanol–water partition coefficient (Wildman–Crippen LogP) is 4.75. The second kappa shape index (κ2) is 4.42. The van der Waals surface area contributed by atoms with Crippen molar-refractivity contribution in [3.8, 4) is 0 Å². The molecule has 0 heterocycles. The van der Waals surface area contributed by atoms with Crippen molar-refractivity contribution in [2.24, 2.45) is 0 Å². The molecule has 0 aliphatic heterocycles. The Morgan fingerprint density at radius 1 is 1.00 bits per heavy atom. The van der Waals surface area contributed by atoms with Gasteiger partial charge in [-0.2, -0.15) is 0 Å². The van der Waals surface area contributed by atoms with Crippen LogP contribution in [-0.2, 0) is 0 Å². The van der Waals surface area contributed by atoms with E-state index in [0.29, 0.717) is 0 Å². The summed E-state index contributed by atoms with van der Waals surface area (Å²) in [5.41, 5.74) is 0.